The highest BCUT2D eigenvalue weighted by Crippen LogP contribution is 2.26. The van der Waals surface area contributed by atoms with Gasteiger partial charge in [-0.3, -0.25) is 0 Å². The predicted molar refractivity (Wildman–Crippen MR) is 61.4 cm³/mol. The zero-order chi connectivity index (χ0) is 9.97. The first-order chi connectivity index (χ1) is 6.75. The summed E-state index contributed by atoms with van der Waals surface area (Å²) >= 11 is 5.09. The first kappa shape index (κ1) is 9.96. The van der Waals surface area contributed by atoms with Gasteiger partial charge in [0.05, 0.1) is 12.5 Å². The van der Waals surface area contributed by atoms with E-state index >= 15 is 0 Å². The minimum atomic E-state index is 0.0592. The number of nitrogens with two attached hydrogens (primary N) is 1. The minimum Gasteiger partial charge on any atom is -0.472 e. The number of halogens is 1. The lowest BCUT2D eigenvalue weighted by Gasteiger charge is -2.06. The van der Waals surface area contributed by atoms with E-state index in [2.05, 4.69) is 22.0 Å². The summed E-state index contributed by atoms with van der Waals surface area (Å²) < 4.78 is 6.09. The highest BCUT2D eigenvalue weighted by atomic mass is 79.9. The smallest absolute Gasteiger partial charge is 0.0935 e. The van der Waals surface area contributed by atoms with Gasteiger partial charge < -0.3 is 10.2 Å². The molecule has 0 fully saturated rings. The van der Waals surface area contributed by atoms with E-state index in [0.717, 1.165) is 16.5 Å². The molecule has 0 aromatic carbocycles. The van der Waals surface area contributed by atoms with Crippen molar-refractivity contribution in [2.24, 2.45) is 5.73 Å². The third kappa shape index (κ3) is 2.26. The summed E-state index contributed by atoms with van der Waals surface area (Å²) in [7, 11) is 0. The molecule has 74 valence electrons. The van der Waals surface area contributed by atoms with Crippen molar-refractivity contribution in [2.75, 3.05) is 0 Å². The number of hydrogen-bond acceptors (Lipinski definition) is 3. The molecule has 1 atom stereocenters. The number of rotatable bonds is 3. The van der Waals surface area contributed by atoms with Crippen LogP contribution in [0.25, 0.3) is 0 Å². The highest BCUT2D eigenvalue weighted by molar-refractivity contribution is 9.10. The van der Waals surface area contributed by atoms with Crippen LogP contribution in [-0.4, -0.2) is 0 Å². The summed E-state index contributed by atoms with van der Waals surface area (Å²) in [4.78, 5) is 1.19. The van der Waals surface area contributed by atoms with Crippen LogP contribution in [0.2, 0.25) is 0 Å². The molecule has 0 spiro atoms. The summed E-state index contributed by atoms with van der Waals surface area (Å²) in [6.07, 6.45) is 4.23. The summed E-state index contributed by atoms with van der Waals surface area (Å²) in [6, 6.07) is 4.07. The second-order valence-electron chi connectivity index (χ2n) is 3.11. The third-order valence-corrected chi connectivity index (χ3v) is 3.81. The van der Waals surface area contributed by atoms with Gasteiger partial charge in [0.1, 0.15) is 0 Å². The molecule has 1 unspecified atom stereocenters. The average Bonchev–Trinajstić information content (AvgIpc) is 2.75. The van der Waals surface area contributed by atoms with E-state index in [-0.39, 0.29) is 6.04 Å². The highest BCUT2D eigenvalue weighted by Gasteiger charge is 2.09. The van der Waals surface area contributed by atoms with E-state index in [0.29, 0.717) is 0 Å². The lowest BCUT2D eigenvalue weighted by Crippen LogP contribution is -2.11. The number of furan rings is 1. The van der Waals surface area contributed by atoms with Gasteiger partial charge in [-0.2, -0.15) is 0 Å². The molecular weight excluding hydrogens is 262 g/mol. The summed E-state index contributed by atoms with van der Waals surface area (Å²) in [5, 5.41) is 2.05. The van der Waals surface area contributed by atoms with Crippen molar-refractivity contribution in [1.82, 2.24) is 0 Å². The average molecular weight is 272 g/mol. The molecule has 2 aromatic rings. The van der Waals surface area contributed by atoms with Gasteiger partial charge in [-0.15, -0.1) is 11.3 Å². The molecule has 0 aliphatic heterocycles. The van der Waals surface area contributed by atoms with Crippen LogP contribution in [0.5, 0.6) is 0 Å². The van der Waals surface area contributed by atoms with Gasteiger partial charge in [0.15, 0.2) is 0 Å². The summed E-state index contributed by atoms with van der Waals surface area (Å²) in [5.41, 5.74) is 7.19. The Balaban J connectivity index is 2.06. The van der Waals surface area contributed by atoms with Crippen molar-refractivity contribution in [2.45, 2.75) is 12.5 Å². The minimum absolute atomic E-state index is 0.0592. The lowest BCUT2D eigenvalue weighted by molar-refractivity contribution is 0.561. The van der Waals surface area contributed by atoms with Crippen LogP contribution in [0.4, 0.5) is 0 Å². The third-order valence-electron chi connectivity index (χ3n) is 1.99. The van der Waals surface area contributed by atoms with Crippen molar-refractivity contribution in [3.05, 3.63) is 45.0 Å². The fraction of sp³-hybridized carbons (Fsp3) is 0.200. The molecule has 2 rings (SSSR count). The number of thiophene rings is 1. The second kappa shape index (κ2) is 4.29. The van der Waals surface area contributed by atoms with Crippen molar-refractivity contribution in [3.8, 4) is 0 Å². The SMILES string of the molecule is NC(Cc1ccoc1)c1cc(Br)cs1. The zero-order valence-corrected chi connectivity index (χ0v) is 9.85. The molecule has 2 aromatic heterocycles. The Labute approximate surface area is 94.9 Å². The van der Waals surface area contributed by atoms with E-state index < -0.39 is 0 Å². The Kier molecular flexibility index (Phi) is 3.05. The molecule has 0 aliphatic rings. The van der Waals surface area contributed by atoms with Gasteiger partial charge in [-0.25, -0.2) is 0 Å². The van der Waals surface area contributed by atoms with E-state index in [1.807, 2.05) is 11.4 Å². The first-order valence-electron chi connectivity index (χ1n) is 4.26. The molecule has 0 radical (unpaired) electrons. The molecule has 2 heterocycles. The molecule has 0 saturated carbocycles. The van der Waals surface area contributed by atoms with Crippen molar-refractivity contribution >= 4 is 27.3 Å². The van der Waals surface area contributed by atoms with Crippen LogP contribution < -0.4 is 5.73 Å². The standard InChI is InChI=1S/C10H10BrNOS/c11-8-4-10(14-6-8)9(12)3-7-1-2-13-5-7/h1-2,4-6,9H,3,12H2. The van der Waals surface area contributed by atoms with Gasteiger partial charge in [0, 0.05) is 20.8 Å². The maximum Gasteiger partial charge on any atom is 0.0935 e. The summed E-state index contributed by atoms with van der Waals surface area (Å²) in [5.74, 6) is 0. The van der Waals surface area contributed by atoms with E-state index in [4.69, 9.17) is 10.2 Å². The van der Waals surface area contributed by atoms with Crippen molar-refractivity contribution in [1.29, 1.82) is 0 Å². The Bertz CT molecular complexity index is 396. The van der Waals surface area contributed by atoms with E-state index in [9.17, 15) is 0 Å². The quantitative estimate of drug-likeness (QED) is 0.930. The van der Waals surface area contributed by atoms with Crippen LogP contribution in [0.3, 0.4) is 0 Å². The normalized spacial score (nSPS) is 13.0. The Morgan fingerprint density at radius 2 is 2.43 bits per heavy atom. The zero-order valence-electron chi connectivity index (χ0n) is 7.44. The van der Waals surface area contributed by atoms with Crippen LogP contribution in [0, 0.1) is 0 Å². The molecule has 0 aliphatic carbocycles. The molecule has 14 heavy (non-hydrogen) atoms. The molecule has 2 N–H and O–H groups in total. The molecule has 4 heteroatoms. The second-order valence-corrected chi connectivity index (χ2v) is 4.97. The lowest BCUT2D eigenvalue weighted by atomic mass is 10.1. The van der Waals surface area contributed by atoms with Crippen molar-refractivity contribution in [3.63, 3.8) is 0 Å². The van der Waals surface area contributed by atoms with Crippen LogP contribution in [0.15, 0.2) is 38.9 Å². The van der Waals surface area contributed by atoms with Crippen LogP contribution in [-0.2, 0) is 6.42 Å². The molecule has 2 nitrogen and oxygen atoms in total. The van der Waals surface area contributed by atoms with Gasteiger partial charge >= 0.3 is 0 Å². The van der Waals surface area contributed by atoms with E-state index in [1.54, 1.807) is 23.9 Å². The molecule has 0 saturated heterocycles. The monoisotopic (exact) mass is 271 g/mol. The maximum atomic E-state index is 6.05. The summed E-state index contributed by atoms with van der Waals surface area (Å²) in [6.45, 7) is 0. The molecular formula is C10H10BrNOS. The Hall–Kier alpha value is -0.580. The van der Waals surface area contributed by atoms with Gasteiger partial charge in [0.2, 0.25) is 0 Å². The van der Waals surface area contributed by atoms with Gasteiger partial charge in [-0.05, 0) is 40.0 Å². The first-order valence-corrected chi connectivity index (χ1v) is 5.93. The van der Waals surface area contributed by atoms with Crippen LogP contribution in [0.1, 0.15) is 16.5 Å². The largest absolute Gasteiger partial charge is 0.472 e. The number of hydrogen-bond donors (Lipinski definition) is 1. The molecule has 0 bridgehead atoms. The maximum absolute atomic E-state index is 6.05. The van der Waals surface area contributed by atoms with Crippen LogP contribution >= 0.6 is 27.3 Å². The topological polar surface area (TPSA) is 39.2 Å². The fourth-order valence-corrected chi connectivity index (χ4v) is 2.73. The van der Waals surface area contributed by atoms with Gasteiger partial charge in [-0.1, -0.05) is 0 Å². The predicted octanol–water partition coefficient (Wildman–Crippen LogP) is 3.35. The Morgan fingerprint density at radius 3 is 3.00 bits per heavy atom. The van der Waals surface area contributed by atoms with E-state index in [1.165, 1.54) is 4.88 Å². The van der Waals surface area contributed by atoms with Crippen molar-refractivity contribution < 1.29 is 4.42 Å². The molecule has 0 amide bonds. The fourth-order valence-electron chi connectivity index (χ4n) is 1.29. The van der Waals surface area contributed by atoms with Gasteiger partial charge in [0.25, 0.3) is 0 Å². The Morgan fingerprint density at radius 1 is 1.57 bits per heavy atom.